The first-order chi connectivity index (χ1) is 15.0. The molecule has 1 N–H and O–H groups in total. The largest absolute Gasteiger partial charge is 0.459 e. The van der Waals surface area contributed by atoms with E-state index in [4.69, 9.17) is 16.0 Å². The molecule has 1 fully saturated rings. The standard InChI is InChI=1S/C23H21ClFN3O3/c24-18-14-17(7-8-19(18)25)28(23(30)20-6-3-13-31-20)21(15-9-11-26-12-10-15)22(29)27-16-4-1-2-5-16/h3,6-14,16,21H,1-2,4-5H2,(H,27,29)/t21-/m0/s1. The number of aromatic nitrogens is 1. The van der Waals surface area contributed by atoms with Crippen molar-refractivity contribution < 1.29 is 18.4 Å². The summed E-state index contributed by atoms with van der Waals surface area (Å²) in [6.07, 6.45) is 8.37. The van der Waals surface area contributed by atoms with Crippen LogP contribution in [0.5, 0.6) is 0 Å². The van der Waals surface area contributed by atoms with Gasteiger partial charge >= 0.3 is 0 Å². The van der Waals surface area contributed by atoms with Gasteiger partial charge in [0.1, 0.15) is 11.9 Å². The van der Waals surface area contributed by atoms with E-state index in [1.165, 1.54) is 35.4 Å². The molecule has 0 aliphatic heterocycles. The number of hydrogen-bond acceptors (Lipinski definition) is 4. The Labute approximate surface area is 184 Å². The molecule has 0 unspecified atom stereocenters. The molecule has 1 aliphatic rings. The second-order valence-electron chi connectivity index (χ2n) is 7.42. The molecule has 1 atom stereocenters. The van der Waals surface area contributed by atoms with Crippen molar-refractivity contribution in [1.29, 1.82) is 0 Å². The van der Waals surface area contributed by atoms with E-state index < -0.39 is 17.8 Å². The summed E-state index contributed by atoms with van der Waals surface area (Å²) in [7, 11) is 0. The van der Waals surface area contributed by atoms with Crippen LogP contribution in [0, 0.1) is 5.82 Å². The van der Waals surface area contributed by atoms with Crippen molar-refractivity contribution in [3.8, 4) is 0 Å². The van der Waals surface area contributed by atoms with Crippen LogP contribution in [0.4, 0.5) is 10.1 Å². The number of pyridine rings is 1. The Morgan fingerprint density at radius 1 is 1.16 bits per heavy atom. The SMILES string of the molecule is O=C(NC1CCCC1)[C@H](c1ccncc1)N(C(=O)c1ccco1)c1ccc(F)c(Cl)c1. The smallest absolute Gasteiger partial charge is 0.294 e. The first-order valence-corrected chi connectivity index (χ1v) is 10.4. The number of anilines is 1. The molecule has 2 heterocycles. The van der Waals surface area contributed by atoms with Gasteiger partial charge in [-0.05, 0) is 60.9 Å². The molecule has 6 nitrogen and oxygen atoms in total. The summed E-state index contributed by atoms with van der Waals surface area (Å²) in [4.78, 5) is 32.2. The van der Waals surface area contributed by atoms with Crippen molar-refractivity contribution in [2.45, 2.75) is 37.8 Å². The number of furan rings is 1. The predicted octanol–water partition coefficient (Wildman–Crippen LogP) is 4.91. The number of hydrogen-bond donors (Lipinski definition) is 1. The minimum absolute atomic E-state index is 0.0492. The summed E-state index contributed by atoms with van der Waals surface area (Å²) in [6.45, 7) is 0. The summed E-state index contributed by atoms with van der Waals surface area (Å²) in [5, 5.41) is 2.91. The minimum atomic E-state index is -1.03. The van der Waals surface area contributed by atoms with Crippen LogP contribution >= 0.6 is 11.6 Å². The number of benzene rings is 1. The fourth-order valence-corrected chi connectivity index (χ4v) is 4.03. The number of carbonyl (C=O) groups excluding carboxylic acids is 2. The quantitative estimate of drug-likeness (QED) is 0.589. The highest BCUT2D eigenvalue weighted by Crippen LogP contribution is 2.33. The van der Waals surface area contributed by atoms with Crippen LogP contribution in [0.3, 0.4) is 0 Å². The lowest BCUT2D eigenvalue weighted by atomic mass is 10.0. The Morgan fingerprint density at radius 3 is 2.55 bits per heavy atom. The molecule has 31 heavy (non-hydrogen) atoms. The molecule has 2 amide bonds. The van der Waals surface area contributed by atoms with Gasteiger partial charge in [-0.25, -0.2) is 4.39 Å². The van der Waals surface area contributed by atoms with Gasteiger partial charge in [-0.15, -0.1) is 0 Å². The molecule has 1 aliphatic carbocycles. The van der Waals surface area contributed by atoms with Crippen molar-refractivity contribution in [1.82, 2.24) is 10.3 Å². The molecule has 0 radical (unpaired) electrons. The second-order valence-corrected chi connectivity index (χ2v) is 7.83. The van der Waals surface area contributed by atoms with E-state index in [0.717, 1.165) is 25.7 Å². The third kappa shape index (κ3) is 4.61. The van der Waals surface area contributed by atoms with E-state index in [2.05, 4.69) is 10.3 Å². The van der Waals surface area contributed by atoms with Gasteiger partial charge in [0.15, 0.2) is 5.76 Å². The van der Waals surface area contributed by atoms with Crippen molar-refractivity contribution >= 4 is 29.1 Å². The lowest BCUT2D eigenvalue weighted by Gasteiger charge is -2.31. The second kappa shape index (κ2) is 9.31. The van der Waals surface area contributed by atoms with Crippen molar-refractivity contribution in [2.24, 2.45) is 0 Å². The molecule has 8 heteroatoms. The molecule has 4 rings (SSSR count). The van der Waals surface area contributed by atoms with E-state index >= 15 is 0 Å². The van der Waals surface area contributed by atoms with Gasteiger partial charge in [0.2, 0.25) is 5.91 Å². The fourth-order valence-electron chi connectivity index (χ4n) is 3.85. The van der Waals surface area contributed by atoms with Crippen LogP contribution in [-0.2, 0) is 4.79 Å². The average Bonchev–Trinajstić information content (AvgIpc) is 3.48. The molecular formula is C23H21ClFN3O3. The van der Waals surface area contributed by atoms with E-state index in [0.29, 0.717) is 5.56 Å². The third-order valence-corrected chi connectivity index (χ3v) is 5.65. The van der Waals surface area contributed by atoms with Crippen molar-refractivity contribution in [2.75, 3.05) is 4.90 Å². The molecule has 1 aromatic carbocycles. The van der Waals surface area contributed by atoms with Crippen LogP contribution in [0.15, 0.2) is 65.5 Å². The van der Waals surface area contributed by atoms with Gasteiger partial charge in [-0.2, -0.15) is 0 Å². The summed E-state index contributed by atoms with van der Waals surface area (Å²) in [5.41, 5.74) is 0.835. The van der Waals surface area contributed by atoms with Gasteiger partial charge in [0.05, 0.1) is 11.3 Å². The third-order valence-electron chi connectivity index (χ3n) is 5.36. The summed E-state index contributed by atoms with van der Waals surface area (Å²) < 4.78 is 19.2. The molecule has 0 bridgehead atoms. The van der Waals surface area contributed by atoms with Crippen molar-refractivity contribution in [3.63, 3.8) is 0 Å². The molecule has 2 aromatic heterocycles. The Kier molecular flexibility index (Phi) is 6.32. The number of rotatable bonds is 6. The van der Waals surface area contributed by atoms with Crippen LogP contribution in [-0.4, -0.2) is 22.8 Å². The molecule has 0 spiro atoms. The first kappa shape index (κ1) is 21.1. The lowest BCUT2D eigenvalue weighted by Crippen LogP contribution is -2.46. The average molecular weight is 442 g/mol. The van der Waals surface area contributed by atoms with Crippen LogP contribution in [0.1, 0.15) is 47.8 Å². The molecule has 3 aromatic rings. The van der Waals surface area contributed by atoms with Crippen molar-refractivity contribution in [3.05, 3.63) is 83.3 Å². The van der Waals surface area contributed by atoms with Crippen LogP contribution in [0.25, 0.3) is 0 Å². The Morgan fingerprint density at radius 2 is 1.90 bits per heavy atom. The molecular weight excluding hydrogens is 421 g/mol. The zero-order valence-corrected chi connectivity index (χ0v) is 17.4. The fraction of sp³-hybridized carbons (Fsp3) is 0.261. The van der Waals surface area contributed by atoms with Crippen LogP contribution < -0.4 is 10.2 Å². The molecule has 0 saturated heterocycles. The molecule has 160 valence electrons. The van der Waals surface area contributed by atoms with E-state index in [-0.39, 0.29) is 28.4 Å². The number of halogens is 2. The summed E-state index contributed by atoms with van der Waals surface area (Å²) in [6, 6.07) is 9.38. The number of carbonyl (C=O) groups is 2. The van der Waals surface area contributed by atoms with Crippen LogP contribution in [0.2, 0.25) is 5.02 Å². The van der Waals surface area contributed by atoms with Gasteiger partial charge < -0.3 is 9.73 Å². The van der Waals surface area contributed by atoms with Gasteiger partial charge in [0, 0.05) is 24.1 Å². The minimum Gasteiger partial charge on any atom is -0.459 e. The lowest BCUT2D eigenvalue weighted by molar-refractivity contribution is -0.123. The monoisotopic (exact) mass is 441 g/mol. The maximum absolute atomic E-state index is 13.8. The maximum atomic E-state index is 13.8. The Bertz CT molecular complexity index is 1050. The number of nitrogens with zero attached hydrogens (tertiary/aromatic N) is 2. The zero-order chi connectivity index (χ0) is 21.8. The highest BCUT2D eigenvalue weighted by Gasteiger charge is 2.36. The van der Waals surface area contributed by atoms with Gasteiger partial charge in [-0.1, -0.05) is 24.4 Å². The molecule has 1 saturated carbocycles. The summed E-state index contributed by atoms with van der Waals surface area (Å²) in [5.74, 6) is -1.45. The van der Waals surface area contributed by atoms with E-state index in [9.17, 15) is 14.0 Å². The summed E-state index contributed by atoms with van der Waals surface area (Å²) >= 11 is 6.01. The zero-order valence-electron chi connectivity index (χ0n) is 16.6. The highest BCUT2D eigenvalue weighted by atomic mass is 35.5. The predicted molar refractivity (Wildman–Crippen MR) is 114 cm³/mol. The first-order valence-electron chi connectivity index (χ1n) is 10.1. The Balaban J connectivity index is 1.81. The van der Waals surface area contributed by atoms with E-state index in [1.807, 2.05) is 0 Å². The Hall–Kier alpha value is -3.19. The maximum Gasteiger partial charge on any atom is 0.294 e. The van der Waals surface area contributed by atoms with E-state index in [1.54, 1.807) is 30.6 Å². The van der Waals surface area contributed by atoms with Gasteiger partial charge in [-0.3, -0.25) is 19.5 Å². The normalized spacial score (nSPS) is 14.9. The number of nitrogens with one attached hydrogen (secondary N) is 1. The highest BCUT2D eigenvalue weighted by molar-refractivity contribution is 6.31. The van der Waals surface area contributed by atoms with Gasteiger partial charge in [0.25, 0.3) is 5.91 Å². The topological polar surface area (TPSA) is 75.4 Å². The number of amides is 2.